The molecule has 0 unspecified atom stereocenters. The van der Waals surface area contributed by atoms with Gasteiger partial charge in [0.25, 0.3) is 5.69 Å². The van der Waals surface area contributed by atoms with Crippen LogP contribution >= 0.6 is 0 Å². The molecule has 1 N–H and O–H groups in total. The Kier molecular flexibility index (Phi) is 3.23. The van der Waals surface area contributed by atoms with E-state index < -0.39 is 4.92 Å². The lowest BCUT2D eigenvalue weighted by atomic mass is 10.2. The summed E-state index contributed by atoms with van der Waals surface area (Å²) in [7, 11) is 0. The largest absolute Gasteiger partial charge is 0.329 e. The summed E-state index contributed by atoms with van der Waals surface area (Å²) in [6.45, 7) is 2.50. The van der Waals surface area contributed by atoms with Crippen LogP contribution in [0.1, 0.15) is 11.1 Å². The van der Waals surface area contributed by atoms with Gasteiger partial charge >= 0.3 is 0 Å². The van der Waals surface area contributed by atoms with Gasteiger partial charge in [-0.3, -0.25) is 15.5 Å². The highest BCUT2D eigenvalue weighted by atomic mass is 16.6. The highest BCUT2D eigenvalue weighted by molar-refractivity contribution is 5.33. The van der Waals surface area contributed by atoms with Gasteiger partial charge < -0.3 is 4.57 Å². The van der Waals surface area contributed by atoms with Crippen molar-refractivity contribution in [3.8, 4) is 0 Å². The van der Waals surface area contributed by atoms with Gasteiger partial charge in [-0.2, -0.15) is 0 Å². The van der Waals surface area contributed by atoms with E-state index in [1.807, 2.05) is 19.2 Å². The molecule has 0 saturated heterocycles. The average Bonchev–Trinajstić information content (AvgIpc) is 2.34. The SMILES string of the molecule is Cc1ccc(=N)n(Cc2ccc([N+](=O)[O-])cc2)c1. The first-order valence-corrected chi connectivity index (χ1v) is 5.51. The molecule has 0 fully saturated rings. The molecule has 0 radical (unpaired) electrons. The van der Waals surface area contributed by atoms with E-state index in [0.717, 1.165) is 11.1 Å². The van der Waals surface area contributed by atoms with Crippen molar-refractivity contribution in [2.75, 3.05) is 0 Å². The molecule has 1 heterocycles. The molecule has 0 aliphatic rings. The number of hydrogen-bond acceptors (Lipinski definition) is 3. The molecule has 0 aliphatic heterocycles. The molecule has 0 saturated carbocycles. The minimum Gasteiger partial charge on any atom is -0.329 e. The molecule has 1 aromatic carbocycles. The second-order valence-corrected chi connectivity index (χ2v) is 4.14. The molecule has 0 spiro atoms. The number of aryl methyl sites for hydroxylation is 1. The molecule has 0 atom stereocenters. The molecular formula is C13H13N3O2. The molecule has 5 heteroatoms. The fourth-order valence-electron chi connectivity index (χ4n) is 1.72. The third-order valence-corrected chi connectivity index (χ3v) is 2.67. The Balaban J connectivity index is 2.26. The van der Waals surface area contributed by atoms with Crippen LogP contribution in [0.2, 0.25) is 0 Å². The van der Waals surface area contributed by atoms with Crippen molar-refractivity contribution in [1.82, 2.24) is 4.57 Å². The number of nitro benzene ring substituents is 1. The van der Waals surface area contributed by atoms with E-state index in [-0.39, 0.29) is 5.69 Å². The summed E-state index contributed by atoms with van der Waals surface area (Å²) >= 11 is 0. The monoisotopic (exact) mass is 243 g/mol. The smallest absolute Gasteiger partial charge is 0.269 e. The van der Waals surface area contributed by atoms with Gasteiger partial charge in [0.15, 0.2) is 0 Å². The minimum atomic E-state index is -0.417. The first kappa shape index (κ1) is 12.0. The maximum atomic E-state index is 10.5. The fraction of sp³-hybridized carbons (Fsp3) is 0.154. The van der Waals surface area contributed by atoms with Gasteiger partial charge in [-0.15, -0.1) is 0 Å². The lowest BCUT2D eigenvalue weighted by Crippen LogP contribution is -2.19. The number of benzene rings is 1. The Bertz CT molecular complexity index is 629. The summed E-state index contributed by atoms with van der Waals surface area (Å²) in [5.41, 5.74) is 2.51. The fourth-order valence-corrected chi connectivity index (χ4v) is 1.72. The molecule has 1 aromatic heterocycles. The Morgan fingerprint density at radius 2 is 1.89 bits per heavy atom. The second kappa shape index (κ2) is 4.83. The van der Waals surface area contributed by atoms with Crippen LogP contribution in [0.3, 0.4) is 0 Å². The minimum absolute atomic E-state index is 0.0825. The molecule has 5 nitrogen and oxygen atoms in total. The molecule has 92 valence electrons. The number of aromatic nitrogens is 1. The van der Waals surface area contributed by atoms with E-state index in [0.29, 0.717) is 12.0 Å². The van der Waals surface area contributed by atoms with E-state index >= 15 is 0 Å². The molecule has 2 aromatic rings. The highest BCUT2D eigenvalue weighted by Gasteiger charge is 2.04. The molecule has 2 rings (SSSR count). The van der Waals surface area contributed by atoms with Crippen molar-refractivity contribution >= 4 is 5.69 Å². The predicted octanol–water partition coefficient (Wildman–Crippen LogP) is 2.23. The molecule has 0 aliphatic carbocycles. The van der Waals surface area contributed by atoms with Gasteiger partial charge in [0.1, 0.15) is 5.49 Å². The van der Waals surface area contributed by atoms with Gasteiger partial charge in [0.05, 0.1) is 4.92 Å². The van der Waals surface area contributed by atoms with Crippen LogP contribution in [0, 0.1) is 22.4 Å². The van der Waals surface area contributed by atoms with Crippen LogP contribution in [0.25, 0.3) is 0 Å². The van der Waals surface area contributed by atoms with Crippen molar-refractivity contribution in [3.05, 3.63) is 69.3 Å². The van der Waals surface area contributed by atoms with Crippen molar-refractivity contribution in [2.24, 2.45) is 0 Å². The Morgan fingerprint density at radius 3 is 2.50 bits per heavy atom. The zero-order valence-corrected chi connectivity index (χ0v) is 9.96. The summed E-state index contributed by atoms with van der Waals surface area (Å²) in [6.07, 6.45) is 1.89. The van der Waals surface area contributed by atoms with Crippen LogP contribution in [-0.4, -0.2) is 9.49 Å². The lowest BCUT2D eigenvalue weighted by Gasteiger charge is -2.07. The number of nitrogens with one attached hydrogen (secondary N) is 1. The van der Waals surface area contributed by atoms with Crippen LogP contribution in [-0.2, 0) is 6.54 Å². The first-order valence-electron chi connectivity index (χ1n) is 5.51. The van der Waals surface area contributed by atoms with Crippen molar-refractivity contribution in [2.45, 2.75) is 13.5 Å². The normalized spacial score (nSPS) is 10.3. The topological polar surface area (TPSA) is 71.9 Å². The molecular weight excluding hydrogens is 230 g/mol. The maximum Gasteiger partial charge on any atom is 0.269 e. The van der Waals surface area contributed by atoms with Crippen molar-refractivity contribution in [3.63, 3.8) is 0 Å². The Hall–Kier alpha value is -2.43. The van der Waals surface area contributed by atoms with Crippen LogP contribution in [0.15, 0.2) is 42.6 Å². The third kappa shape index (κ3) is 2.63. The number of hydrogen-bond donors (Lipinski definition) is 1. The highest BCUT2D eigenvalue weighted by Crippen LogP contribution is 2.12. The summed E-state index contributed by atoms with van der Waals surface area (Å²) in [6, 6.07) is 10.0. The Morgan fingerprint density at radius 1 is 1.22 bits per heavy atom. The molecule has 0 amide bonds. The number of nitrogens with zero attached hydrogens (tertiary/aromatic N) is 2. The van der Waals surface area contributed by atoms with Gasteiger partial charge in [-0.25, -0.2) is 0 Å². The van der Waals surface area contributed by atoms with E-state index in [1.165, 1.54) is 12.1 Å². The van der Waals surface area contributed by atoms with E-state index in [9.17, 15) is 10.1 Å². The van der Waals surface area contributed by atoms with Crippen LogP contribution < -0.4 is 5.49 Å². The van der Waals surface area contributed by atoms with Gasteiger partial charge in [0.2, 0.25) is 0 Å². The lowest BCUT2D eigenvalue weighted by molar-refractivity contribution is -0.384. The summed E-state index contributed by atoms with van der Waals surface area (Å²) in [5.74, 6) is 0. The average molecular weight is 243 g/mol. The Labute approximate surface area is 104 Å². The number of pyridine rings is 1. The predicted molar refractivity (Wildman–Crippen MR) is 67.2 cm³/mol. The van der Waals surface area contributed by atoms with Gasteiger partial charge in [-0.05, 0) is 24.1 Å². The van der Waals surface area contributed by atoms with E-state index in [1.54, 1.807) is 22.8 Å². The molecule has 18 heavy (non-hydrogen) atoms. The summed E-state index contributed by atoms with van der Waals surface area (Å²) in [5, 5.41) is 18.3. The maximum absolute atomic E-state index is 10.5. The van der Waals surface area contributed by atoms with E-state index in [4.69, 9.17) is 5.41 Å². The van der Waals surface area contributed by atoms with Gasteiger partial charge in [-0.1, -0.05) is 18.2 Å². The first-order chi connectivity index (χ1) is 8.56. The molecule has 0 bridgehead atoms. The second-order valence-electron chi connectivity index (χ2n) is 4.14. The van der Waals surface area contributed by atoms with Crippen LogP contribution in [0.5, 0.6) is 0 Å². The number of non-ortho nitro benzene ring substituents is 1. The third-order valence-electron chi connectivity index (χ3n) is 2.67. The van der Waals surface area contributed by atoms with Crippen molar-refractivity contribution < 1.29 is 4.92 Å². The number of nitro groups is 1. The summed E-state index contributed by atoms with van der Waals surface area (Å²) < 4.78 is 1.80. The summed E-state index contributed by atoms with van der Waals surface area (Å²) in [4.78, 5) is 10.1. The standard InChI is InChI=1S/C13H13N3O2/c1-10-2-7-13(14)15(8-10)9-11-3-5-12(6-4-11)16(17)18/h2-8,14H,9H2,1H3. The van der Waals surface area contributed by atoms with Gasteiger partial charge in [0, 0.05) is 24.9 Å². The quantitative estimate of drug-likeness (QED) is 0.663. The van der Waals surface area contributed by atoms with Crippen LogP contribution in [0.4, 0.5) is 5.69 Å². The zero-order valence-electron chi connectivity index (χ0n) is 9.96. The van der Waals surface area contributed by atoms with Crippen molar-refractivity contribution in [1.29, 1.82) is 5.41 Å². The number of rotatable bonds is 3. The zero-order chi connectivity index (χ0) is 13.1. The van der Waals surface area contributed by atoms with E-state index in [2.05, 4.69) is 0 Å².